The van der Waals surface area contributed by atoms with Gasteiger partial charge in [-0.2, -0.15) is 0 Å². The largest absolute Gasteiger partial charge is 0.363 e. The Morgan fingerprint density at radius 3 is 1.50 bits per heavy atom. The zero-order chi connectivity index (χ0) is 15.8. The molecule has 2 unspecified atom stereocenters. The van der Waals surface area contributed by atoms with Gasteiger partial charge in [-0.3, -0.25) is 18.6 Å². The highest BCUT2D eigenvalue weighted by molar-refractivity contribution is 7.72. The van der Waals surface area contributed by atoms with Crippen molar-refractivity contribution in [2.75, 3.05) is 40.5 Å². The van der Waals surface area contributed by atoms with Gasteiger partial charge in [0.2, 0.25) is 5.52 Å². The lowest BCUT2D eigenvalue weighted by atomic mass is 10.9. The second kappa shape index (κ2) is 9.21. The van der Waals surface area contributed by atoms with E-state index in [1.807, 2.05) is 0 Å². The van der Waals surface area contributed by atoms with Crippen LogP contribution in [0.15, 0.2) is 0 Å². The Hall–Kier alpha value is 0.130. The smallest absolute Gasteiger partial charge is 0.307 e. The Bertz CT molecular complexity index is 313. The van der Waals surface area contributed by atoms with Crippen LogP contribution in [0.3, 0.4) is 0 Å². The first-order valence-electron chi connectivity index (χ1n) is 6.54. The van der Waals surface area contributed by atoms with Crippen LogP contribution in [0.4, 0.5) is 0 Å². The molecule has 0 heterocycles. The Morgan fingerprint density at radius 2 is 1.25 bits per heavy atom. The van der Waals surface area contributed by atoms with Crippen molar-refractivity contribution in [2.45, 2.75) is 26.3 Å². The van der Waals surface area contributed by atoms with Gasteiger partial charge < -0.3 is 13.6 Å². The summed E-state index contributed by atoms with van der Waals surface area (Å²) in [5, 5.41) is 0. The van der Waals surface area contributed by atoms with Crippen LogP contribution in [0.5, 0.6) is 0 Å². The van der Waals surface area contributed by atoms with E-state index >= 15 is 0 Å². The summed E-state index contributed by atoms with van der Waals surface area (Å²) in [6, 6.07) is 0. The molecule has 2 atom stereocenters. The molecule has 0 aromatic carbocycles. The quantitative estimate of drug-likeness (QED) is 0.425. The number of nitrogens with zero attached hydrogens (tertiary/aromatic N) is 1. The maximum absolute atomic E-state index is 12.9. The van der Waals surface area contributed by atoms with Gasteiger partial charge in [-0.1, -0.05) is 0 Å². The lowest BCUT2D eigenvalue weighted by Crippen LogP contribution is -2.31. The van der Waals surface area contributed by atoms with Gasteiger partial charge in [0.1, 0.15) is 0 Å². The lowest BCUT2D eigenvalue weighted by Gasteiger charge is -2.34. The third-order valence-corrected chi connectivity index (χ3v) is 8.37. The lowest BCUT2D eigenvalue weighted by molar-refractivity contribution is 0.173. The van der Waals surface area contributed by atoms with Crippen LogP contribution < -0.4 is 0 Å². The summed E-state index contributed by atoms with van der Waals surface area (Å²) in [6.07, 6.45) is 0. The average Bonchev–Trinajstić information content (AvgIpc) is 2.28. The summed E-state index contributed by atoms with van der Waals surface area (Å²) in [5.41, 5.74) is -1.13. The third kappa shape index (κ3) is 5.15. The predicted octanol–water partition coefficient (Wildman–Crippen LogP) is 3.18. The first-order chi connectivity index (χ1) is 9.31. The molecule has 0 N–H and O–H groups in total. The van der Waals surface area contributed by atoms with Crippen molar-refractivity contribution in [3.8, 4) is 0 Å². The summed E-state index contributed by atoms with van der Waals surface area (Å²) in [6.45, 7) is 8.97. The SMILES string of the molecule is [CH2+]COP(=O)(OCC)C(N(C)C)P(=O)(OCC)OCC. The highest BCUT2D eigenvalue weighted by Gasteiger charge is 2.52. The Kier molecular flexibility index (Phi) is 9.27. The van der Waals surface area contributed by atoms with E-state index < -0.39 is 20.7 Å². The second-order valence-corrected chi connectivity index (χ2v) is 8.55. The van der Waals surface area contributed by atoms with E-state index in [0.29, 0.717) is 0 Å². The highest BCUT2D eigenvalue weighted by Crippen LogP contribution is 2.70. The number of rotatable bonds is 11. The summed E-state index contributed by atoms with van der Waals surface area (Å²) in [5.74, 6) is 0. The van der Waals surface area contributed by atoms with Crippen molar-refractivity contribution in [2.24, 2.45) is 0 Å². The number of hydrogen-bond acceptors (Lipinski definition) is 7. The van der Waals surface area contributed by atoms with Gasteiger partial charge in [0.25, 0.3) is 0 Å². The third-order valence-electron chi connectivity index (χ3n) is 2.23. The molecule has 20 heavy (non-hydrogen) atoms. The molecule has 0 aromatic rings. The minimum absolute atomic E-state index is 0.0696. The molecule has 0 saturated heterocycles. The molecule has 0 bridgehead atoms. The minimum atomic E-state index is -3.72. The molecule has 0 fully saturated rings. The molecule has 0 amide bonds. The molecular formula is C11H26NO6P2+. The summed E-state index contributed by atoms with van der Waals surface area (Å²) >= 11 is 0. The van der Waals surface area contributed by atoms with Crippen molar-refractivity contribution in [3.05, 3.63) is 6.92 Å². The molecule has 0 aromatic heterocycles. The fourth-order valence-electron chi connectivity index (χ4n) is 1.75. The maximum Gasteiger partial charge on any atom is 0.363 e. The van der Waals surface area contributed by atoms with Crippen molar-refractivity contribution < 1.29 is 27.2 Å². The molecule has 7 nitrogen and oxygen atoms in total. The van der Waals surface area contributed by atoms with E-state index in [1.54, 1.807) is 34.9 Å². The summed E-state index contributed by atoms with van der Waals surface area (Å²) in [7, 11) is -4.16. The van der Waals surface area contributed by atoms with Crippen molar-refractivity contribution in [3.63, 3.8) is 0 Å². The second-order valence-electron chi connectivity index (χ2n) is 3.98. The molecule has 120 valence electrons. The van der Waals surface area contributed by atoms with Crippen molar-refractivity contribution >= 4 is 15.2 Å². The monoisotopic (exact) mass is 330 g/mol. The van der Waals surface area contributed by atoms with E-state index in [0.717, 1.165) is 0 Å². The van der Waals surface area contributed by atoms with Crippen LogP contribution in [0, 0.1) is 6.92 Å². The summed E-state index contributed by atoms with van der Waals surface area (Å²) < 4.78 is 46.8. The Labute approximate surface area is 122 Å². The molecule has 0 saturated carbocycles. The van der Waals surface area contributed by atoms with E-state index in [9.17, 15) is 9.13 Å². The molecular weight excluding hydrogens is 304 g/mol. The van der Waals surface area contributed by atoms with Crippen LogP contribution in [-0.2, 0) is 27.2 Å². The topological polar surface area (TPSA) is 74.3 Å². The van der Waals surface area contributed by atoms with E-state index in [4.69, 9.17) is 18.1 Å². The van der Waals surface area contributed by atoms with E-state index in [1.165, 1.54) is 4.90 Å². The molecule has 9 heteroatoms. The first-order valence-corrected chi connectivity index (χ1v) is 9.76. The molecule has 0 radical (unpaired) electrons. The average molecular weight is 330 g/mol. The number of hydrogen-bond donors (Lipinski definition) is 0. The van der Waals surface area contributed by atoms with Crippen LogP contribution in [-0.4, -0.2) is 50.9 Å². The Morgan fingerprint density at radius 1 is 0.900 bits per heavy atom. The fraction of sp³-hybridized carbons (Fsp3) is 0.909. The zero-order valence-electron chi connectivity index (χ0n) is 12.9. The van der Waals surface area contributed by atoms with Gasteiger partial charge in [-0.05, 0) is 34.9 Å². The molecule has 0 aliphatic rings. The molecule has 0 spiro atoms. The normalized spacial score (nSPS) is 17.1. The van der Waals surface area contributed by atoms with Gasteiger partial charge in [0, 0.05) is 0 Å². The van der Waals surface area contributed by atoms with E-state index in [2.05, 4.69) is 6.92 Å². The van der Waals surface area contributed by atoms with E-state index in [-0.39, 0.29) is 26.4 Å². The molecule has 0 aliphatic carbocycles. The molecule has 0 rings (SSSR count). The fourth-order valence-corrected chi connectivity index (χ4v) is 7.08. The summed E-state index contributed by atoms with van der Waals surface area (Å²) in [4.78, 5) is 1.48. The minimum Gasteiger partial charge on any atom is -0.307 e. The Balaban J connectivity index is 5.67. The molecule has 0 aliphatic heterocycles. The van der Waals surface area contributed by atoms with Crippen molar-refractivity contribution in [1.82, 2.24) is 4.90 Å². The zero-order valence-corrected chi connectivity index (χ0v) is 14.7. The predicted molar refractivity (Wildman–Crippen MR) is 78.9 cm³/mol. The van der Waals surface area contributed by atoms with Crippen molar-refractivity contribution in [1.29, 1.82) is 0 Å². The first kappa shape index (κ1) is 20.1. The van der Waals surface area contributed by atoms with Gasteiger partial charge in [0.05, 0.1) is 26.7 Å². The standard InChI is InChI=1S/C11H26NO6P2/c1-7-15-19(13,16-8-2)11(12(5)6)20(14,17-9-3)18-10-4/h11H,1,7-10H2,2-6H3/q+1. The van der Waals surface area contributed by atoms with Gasteiger partial charge >= 0.3 is 15.2 Å². The van der Waals surface area contributed by atoms with Crippen LogP contribution >= 0.6 is 15.2 Å². The maximum atomic E-state index is 12.9. The van der Waals surface area contributed by atoms with Crippen LogP contribution in [0.2, 0.25) is 0 Å². The van der Waals surface area contributed by atoms with Gasteiger partial charge in [-0.25, -0.2) is 0 Å². The van der Waals surface area contributed by atoms with Gasteiger partial charge in [0.15, 0.2) is 6.61 Å². The van der Waals surface area contributed by atoms with Crippen LogP contribution in [0.1, 0.15) is 20.8 Å². The van der Waals surface area contributed by atoms with Gasteiger partial charge in [-0.15, -0.1) is 0 Å². The van der Waals surface area contributed by atoms with Crippen LogP contribution in [0.25, 0.3) is 0 Å². The highest BCUT2D eigenvalue weighted by atomic mass is 31.2.